The van der Waals surface area contributed by atoms with Crippen molar-refractivity contribution in [2.45, 2.75) is 25.0 Å². The van der Waals surface area contributed by atoms with Gasteiger partial charge in [0.1, 0.15) is 0 Å². The van der Waals surface area contributed by atoms with E-state index in [1.165, 1.54) is 12.8 Å². The van der Waals surface area contributed by atoms with Crippen molar-refractivity contribution in [1.29, 1.82) is 0 Å². The number of rotatable bonds is 0. The highest BCUT2D eigenvalue weighted by Gasteiger charge is 2.49. The van der Waals surface area contributed by atoms with Crippen molar-refractivity contribution in [3.8, 4) is 0 Å². The van der Waals surface area contributed by atoms with Gasteiger partial charge in [0.2, 0.25) is 0 Å². The van der Waals surface area contributed by atoms with Crippen LogP contribution in [0.5, 0.6) is 0 Å². The fourth-order valence-corrected chi connectivity index (χ4v) is 2.73. The molecule has 1 aliphatic heterocycles. The first-order valence-electron chi connectivity index (χ1n) is 4.85. The standard InChI is InChI=1S/C10H14O2/c1-3-9-4-2-8(1)7-10(9)11-5-6-12-10/h1,3,8-9H,2,4-7H2/t8-,9?/m1/s1. The Balaban J connectivity index is 1.93. The number of hydrogen-bond acceptors (Lipinski definition) is 2. The van der Waals surface area contributed by atoms with Gasteiger partial charge < -0.3 is 9.47 Å². The van der Waals surface area contributed by atoms with Crippen molar-refractivity contribution in [1.82, 2.24) is 0 Å². The molecule has 4 aliphatic rings. The normalized spacial score (nSPS) is 42.7. The first kappa shape index (κ1) is 7.10. The molecule has 1 spiro atoms. The summed E-state index contributed by atoms with van der Waals surface area (Å²) < 4.78 is 11.5. The van der Waals surface area contributed by atoms with Crippen LogP contribution in [0.3, 0.4) is 0 Å². The van der Waals surface area contributed by atoms with Crippen LogP contribution in [0.1, 0.15) is 19.3 Å². The highest BCUT2D eigenvalue weighted by atomic mass is 16.7. The number of ether oxygens (including phenoxy) is 2. The van der Waals surface area contributed by atoms with Gasteiger partial charge in [-0.05, 0) is 18.8 Å². The van der Waals surface area contributed by atoms with Gasteiger partial charge in [-0.2, -0.15) is 0 Å². The summed E-state index contributed by atoms with van der Waals surface area (Å²) in [5.74, 6) is 1.05. The quantitative estimate of drug-likeness (QED) is 0.510. The molecule has 66 valence electrons. The minimum absolute atomic E-state index is 0.197. The van der Waals surface area contributed by atoms with E-state index in [4.69, 9.17) is 9.47 Å². The zero-order valence-corrected chi connectivity index (χ0v) is 7.16. The molecule has 1 saturated carbocycles. The van der Waals surface area contributed by atoms with E-state index in [-0.39, 0.29) is 5.79 Å². The molecule has 1 unspecified atom stereocenters. The van der Waals surface area contributed by atoms with Crippen LogP contribution in [0.4, 0.5) is 0 Å². The highest BCUT2D eigenvalue weighted by Crippen LogP contribution is 2.47. The number of allylic oxidation sites excluding steroid dienone is 1. The molecule has 0 radical (unpaired) electrons. The van der Waals surface area contributed by atoms with Crippen LogP contribution in [0.2, 0.25) is 0 Å². The number of fused-ring (bicyclic) bond motifs is 1. The summed E-state index contributed by atoms with van der Waals surface area (Å²) in [6.45, 7) is 1.58. The fraction of sp³-hybridized carbons (Fsp3) is 0.800. The molecule has 2 bridgehead atoms. The Bertz CT molecular complexity index is 216. The molecule has 0 amide bonds. The van der Waals surface area contributed by atoms with Crippen LogP contribution in [0.15, 0.2) is 12.2 Å². The van der Waals surface area contributed by atoms with E-state index in [0.717, 1.165) is 19.6 Å². The lowest BCUT2D eigenvalue weighted by Gasteiger charge is -2.44. The largest absolute Gasteiger partial charge is 0.347 e. The second-order valence-electron chi connectivity index (χ2n) is 4.04. The van der Waals surface area contributed by atoms with Gasteiger partial charge in [0.25, 0.3) is 0 Å². The minimum atomic E-state index is -0.197. The third-order valence-corrected chi connectivity index (χ3v) is 3.35. The Morgan fingerprint density at radius 2 is 1.92 bits per heavy atom. The molecule has 12 heavy (non-hydrogen) atoms. The van der Waals surface area contributed by atoms with Gasteiger partial charge in [0, 0.05) is 12.3 Å². The molecular weight excluding hydrogens is 152 g/mol. The van der Waals surface area contributed by atoms with Crippen LogP contribution >= 0.6 is 0 Å². The van der Waals surface area contributed by atoms with E-state index in [2.05, 4.69) is 12.2 Å². The molecule has 0 aromatic heterocycles. The number of hydrogen-bond donors (Lipinski definition) is 0. The topological polar surface area (TPSA) is 18.5 Å². The molecule has 2 fully saturated rings. The van der Waals surface area contributed by atoms with Crippen LogP contribution in [-0.4, -0.2) is 19.0 Å². The first-order valence-corrected chi connectivity index (χ1v) is 4.85. The molecule has 0 aromatic rings. The summed E-state index contributed by atoms with van der Waals surface area (Å²) >= 11 is 0. The minimum Gasteiger partial charge on any atom is -0.347 e. The lowest BCUT2D eigenvalue weighted by molar-refractivity contribution is -0.211. The van der Waals surface area contributed by atoms with Gasteiger partial charge in [-0.15, -0.1) is 0 Å². The van der Waals surface area contributed by atoms with Crippen molar-refractivity contribution in [3.63, 3.8) is 0 Å². The zero-order valence-electron chi connectivity index (χ0n) is 7.16. The predicted octanol–water partition coefficient (Wildman–Crippen LogP) is 1.72. The van der Waals surface area contributed by atoms with Gasteiger partial charge in [-0.1, -0.05) is 12.2 Å². The van der Waals surface area contributed by atoms with E-state index in [9.17, 15) is 0 Å². The van der Waals surface area contributed by atoms with Gasteiger partial charge in [-0.25, -0.2) is 0 Å². The molecule has 0 N–H and O–H groups in total. The van der Waals surface area contributed by atoms with Gasteiger partial charge in [0.15, 0.2) is 5.79 Å². The average Bonchev–Trinajstić information content (AvgIpc) is 2.55. The summed E-state index contributed by atoms with van der Waals surface area (Å²) in [5.41, 5.74) is 0. The third-order valence-electron chi connectivity index (χ3n) is 3.35. The maximum atomic E-state index is 5.74. The molecule has 0 aromatic carbocycles. The Hall–Kier alpha value is -0.340. The molecule has 2 atom stereocenters. The maximum Gasteiger partial charge on any atom is 0.175 e. The van der Waals surface area contributed by atoms with Gasteiger partial charge in [-0.3, -0.25) is 0 Å². The molecule has 2 heteroatoms. The summed E-state index contributed by atoms with van der Waals surface area (Å²) in [4.78, 5) is 0. The fourth-order valence-electron chi connectivity index (χ4n) is 2.73. The molecule has 1 saturated heterocycles. The maximum absolute atomic E-state index is 5.74. The predicted molar refractivity (Wildman–Crippen MR) is 44.6 cm³/mol. The second-order valence-corrected chi connectivity index (χ2v) is 4.04. The van der Waals surface area contributed by atoms with E-state index in [0.29, 0.717) is 11.8 Å². The van der Waals surface area contributed by atoms with Crippen molar-refractivity contribution < 1.29 is 9.47 Å². The molecule has 4 rings (SSSR count). The summed E-state index contributed by atoms with van der Waals surface area (Å²) in [5, 5.41) is 0. The first-order chi connectivity index (χ1) is 5.89. The Kier molecular flexibility index (Phi) is 1.38. The van der Waals surface area contributed by atoms with Gasteiger partial charge in [0.05, 0.1) is 13.2 Å². The second kappa shape index (κ2) is 2.33. The molecule has 2 nitrogen and oxygen atoms in total. The Labute approximate surface area is 72.5 Å². The van der Waals surface area contributed by atoms with E-state index >= 15 is 0 Å². The van der Waals surface area contributed by atoms with Crippen LogP contribution < -0.4 is 0 Å². The lowest BCUT2D eigenvalue weighted by Crippen LogP contribution is -2.45. The molecule has 3 aliphatic carbocycles. The smallest absolute Gasteiger partial charge is 0.175 e. The molecular formula is C10H14O2. The third kappa shape index (κ3) is 0.824. The van der Waals surface area contributed by atoms with Gasteiger partial charge >= 0.3 is 0 Å². The zero-order chi connectivity index (χ0) is 8.02. The van der Waals surface area contributed by atoms with E-state index in [1.54, 1.807) is 0 Å². The summed E-state index contributed by atoms with van der Waals surface area (Å²) in [6.07, 6.45) is 8.30. The SMILES string of the molecule is C1=C[C@@H]2CCC1C1(C2)OCCO1. The summed E-state index contributed by atoms with van der Waals surface area (Å²) in [7, 11) is 0. The Morgan fingerprint density at radius 1 is 1.08 bits per heavy atom. The highest BCUT2D eigenvalue weighted by molar-refractivity contribution is 5.11. The van der Waals surface area contributed by atoms with E-state index in [1.807, 2.05) is 0 Å². The summed E-state index contributed by atoms with van der Waals surface area (Å²) in [6, 6.07) is 0. The monoisotopic (exact) mass is 166 g/mol. The van der Waals surface area contributed by atoms with Crippen molar-refractivity contribution >= 4 is 0 Å². The molecule has 1 heterocycles. The van der Waals surface area contributed by atoms with Crippen LogP contribution in [-0.2, 0) is 9.47 Å². The van der Waals surface area contributed by atoms with E-state index < -0.39 is 0 Å². The van der Waals surface area contributed by atoms with Crippen LogP contribution in [0.25, 0.3) is 0 Å². The van der Waals surface area contributed by atoms with Crippen molar-refractivity contribution in [2.24, 2.45) is 11.8 Å². The lowest BCUT2D eigenvalue weighted by atomic mass is 9.72. The van der Waals surface area contributed by atoms with Crippen LogP contribution in [0, 0.1) is 11.8 Å². The van der Waals surface area contributed by atoms with Crippen molar-refractivity contribution in [2.75, 3.05) is 13.2 Å². The average molecular weight is 166 g/mol. The van der Waals surface area contributed by atoms with Crippen molar-refractivity contribution in [3.05, 3.63) is 12.2 Å². The Morgan fingerprint density at radius 3 is 2.42 bits per heavy atom.